The second-order valence-corrected chi connectivity index (χ2v) is 6.94. The van der Waals surface area contributed by atoms with E-state index in [1.165, 1.54) is 0 Å². The third-order valence-electron chi connectivity index (χ3n) is 5.39. The normalized spacial score (nSPS) is 41.8. The molecule has 3 aliphatic rings. The number of hydroxylamine groups is 2. The zero-order chi connectivity index (χ0) is 17.7. The van der Waals surface area contributed by atoms with Gasteiger partial charge in [0.15, 0.2) is 11.6 Å². The maximum Gasteiger partial charge on any atom is 0.404 e. The summed E-state index contributed by atoms with van der Waals surface area (Å²) in [6.07, 6.45) is 1.28. The lowest BCUT2D eigenvalue weighted by Crippen LogP contribution is -2.76. The Morgan fingerprint density at radius 3 is 2.92 bits per heavy atom. The molecule has 0 aromatic rings. The largest absolute Gasteiger partial charge is 0.447 e. The van der Waals surface area contributed by atoms with E-state index < -0.39 is 29.4 Å². The van der Waals surface area contributed by atoms with Crippen LogP contribution in [0.25, 0.3) is 0 Å². The first kappa shape index (κ1) is 17.2. The minimum atomic E-state index is -1.23. The van der Waals surface area contributed by atoms with Gasteiger partial charge in [0.1, 0.15) is 18.2 Å². The molecule has 5 atom stereocenters. The van der Waals surface area contributed by atoms with Gasteiger partial charge in [0, 0.05) is 12.5 Å². The third-order valence-corrected chi connectivity index (χ3v) is 5.39. The van der Waals surface area contributed by atoms with E-state index in [2.05, 4.69) is 17.2 Å². The van der Waals surface area contributed by atoms with Crippen LogP contribution in [-0.4, -0.2) is 75.0 Å². The van der Waals surface area contributed by atoms with Gasteiger partial charge in [-0.15, -0.1) is 5.06 Å². The monoisotopic (exact) mass is 342 g/mol. The molecule has 0 saturated carbocycles. The molecule has 10 heteroatoms. The second-order valence-electron chi connectivity index (χ2n) is 6.94. The van der Waals surface area contributed by atoms with Crippen molar-refractivity contribution in [2.45, 2.75) is 62.5 Å². The molecular formula is C14H26N6O4. The van der Waals surface area contributed by atoms with E-state index in [1.54, 1.807) is 6.92 Å². The Morgan fingerprint density at radius 1 is 1.58 bits per heavy atom. The van der Waals surface area contributed by atoms with Crippen molar-refractivity contribution in [1.82, 2.24) is 15.3 Å². The van der Waals surface area contributed by atoms with Crippen LogP contribution in [-0.2, 0) is 4.74 Å². The number of hydrogen-bond donors (Lipinski definition) is 5. The Morgan fingerprint density at radius 2 is 2.29 bits per heavy atom. The van der Waals surface area contributed by atoms with Gasteiger partial charge in [0.05, 0.1) is 12.7 Å². The molecule has 3 rings (SSSR count). The number of ether oxygens (including phenoxy) is 1. The molecule has 2 fully saturated rings. The number of aliphatic hydroxyl groups is 1. The molecule has 3 aliphatic heterocycles. The van der Waals surface area contributed by atoms with E-state index in [9.17, 15) is 15.1 Å². The number of carbonyl (C=O) groups is 1. The van der Waals surface area contributed by atoms with Crippen LogP contribution in [0.4, 0.5) is 4.79 Å². The molecule has 0 aliphatic carbocycles. The summed E-state index contributed by atoms with van der Waals surface area (Å²) in [5, 5.41) is 26.1. The van der Waals surface area contributed by atoms with Gasteiger partial charge in [-0.1, -0.05) is 13.3 Å². The molecule has 136 valence electrons. The summed E-state index contributed by atoms with van der Waals surface area (Å²) in [6, 6.07) is -1.06. The van der Waals surface area contributed by atoms with Gasteiger partial charge in [-0.2, -0.15) is 0 Å². The third kappa shape index (κ3) is 2.17. The maximum absolute atomic E-state index is 11.2. The van der Waals surface area contributed by atoms with E-state index in [4.69, 9.17) is 16.2 Å². The van der Waals surface area contributed by atoms with Crippen LogP contribution in [0.2, 0.25) is 0 Å². The molecule has 0 bridgehead atoms. The Hall–Kier alpha value is -1.62. The average molecular weight is 342 g/mol. The molecular weight excluding hydrogens is 316 g/mol. The lowest BCUT2D eigenvalue weighted by molar-refractivity contribution is -0.245. The van der Waals surface area contributed by atoms with Gasteiger partial charge in [-0.05, 0) is 13.3 Å². The van der Waals surface area contributed by atoms with Gasteiger partial charge in [-0.3, -0.25) is 5.32 Å². The number of nitrogens with two attached hydrogens (primary N) is 2. The highest BCUT2D eigenvalue weighted by Crippen LogP contribution is 2.51. The standard InChI is InChI=1S/C14H26N6O4/c1-3-4-8-5-13(2,22)14-10(17-7-19(14)23)9(6-24-12(16)21)18-11(15)20(8)14/h8-10,17,22-23H,3-7H2,1-2H3,(H2,15,18)(H2,16,21). The SMILES string of the molecule is CCCC1CC(C)(O)C23C(NCN2O)C(COC(N)=O)N=C(N)N13. The number of amides is 1. The first-order valence-corrected chi connectivity index (χ1v) is 8.22. The summed E-state index contributed by atoms with van der Waals surface area (Å²) in [7, 11) is 0. The molecule has 0 aromatic carbocycles. The summed E-state index contributed by atoms with van der Waals surface area (Å²) in [6.45, 7) is 3.82. The fraction of sp³-hybridized carbons (Fsp3) is 0.857. The fourth-order valence-corrected chi connectivity index (χ4v) is 4.67. The number of aliphatic imine (C=N–C) groups is 1. The van der Waals surface area contributed by atoms with Crippen LogP contribution in [0.15, 0.2) is 4.99 Å². The van der Waals surface area contributed by atoms with E-state index in [-0.39, 0.29) is 25.3 Å². The number of hydrogen-bond acceptors (Lipinski definition) is 9. The van der Waals surface area contributed by atoms with Crippen molar-refractivity contribution in [2.75, 3.05) is 13.3 Å². The molecule has 0 radical (unpaired) electrons. The summed E-state index contributed by atoms with van der Waals surface area (Å²) >= 11 is 0. The summed E-state index contributed by atoms with van der Waals surface area (Å²) < 4.78 is 4.90. The van der Waals surface area contributed by atoms with Crippen LogP contribution < -0.4 is 16.8 Å². The number of rotatable bonds is 4. The van der Waals surface area contributed by atoms with Crippen LogP contribution >= 0.6 is 0 Å². The van der Waals surface area contributed by atoms with Crippen LogP contribution in [0.5, 0.6) is 0 Å². The highest BCUT2D eigenvalue weighted by atomic mass is 16.5. The highest BCUT2D eigenvalue weighted by molar-refractivity contribution is 5.81. The fourth-order valence-electron chi connectivity index (χ4n) is 4.67. The van der Waals surface area contributed by atoms with Gasteiger partial charge in [0.25, 0.3) is 0 Å². The van der Waals surface area contributed by atoms with E-state index in [1.807, 2.05) is 4.90 Å². The summed E-state index contributed by atoms with van der Waals surface area (Å²) in [5.74, 6) is 0.225. The lowest BCUT2D eigenvalue weighted by Gasteiger charge is -2.53. The quantitative estimate of drug-likeness (QED) is 0.424. The second kappa shape index (κ2) is 5.73. The van der Waals surface area contributed by atoms with Gasteiger partial charge in [-0.25, -0.2) is 9.79 Å². The minimum absolute atomic E-state index is 0.0381. The molecule has 10 nitrogen and oxygen atoms in total. The minimum Gasteiger partial charge on any atom is -0.447 e. The van der Waals surface area contributed by atoms with Gasteiger partial charge >= 0.3 is 6.09 Å². The van der Waals surface area contributed by atoms with Crippen molar-refractivity contribution in [3.05, 3.63) is 0 Å². The predicted molar refractivity (Wildman–Crippen MR) is 84.9 cm³/mol. The van der Waals surface area contributed by atoms with Crippen molar-refractivity contribution in [2.24, 2.45) is 16.5 Å². The van der Waals surface area contributed by atoms with E-state index in [0.29, 0.717) is 6.42 Å². The van der Waals surface area contributed by atoms with Crippen LogP contribution in [0.3, 0.4) is 0 Å². The molecule has 1 amide bonds. The van der Waals surface area contributed by atoms with E-state index in [0.717, 1.165) is 17.9 Å². The number of guanidine groups is 1. The molecule has 24 heavy (non-hydrogen) atoms. The zero-order valence-corrected chi connectivity index (χ0v) is 14.0. The number of carbonyl (C=O) groups excluding carboxylic acids is 1. The summed E-state index contributed by atoms with van der Waals surface area (Å²) in [4.78, 5) is 17.2. The van der Waals surface area contributed by atoms with E-state index >= 15 is 0 Å². The Labute approximate surface area is 140 Å². The molecule has 2 saturated heterocycles. The topological polar surface area (TPSA) is 150 Å². The van der Waals surface area contributed by atoms with Crippen molar-refractivity contribution in [1.29, 1.82) is 0 Å². The molecule has 1 spiro atoms. The van der Waals surface area contributed by atoms with Crippen LogP contribution in [0.1, 0.15) is 33.1 Å². The molecule has 3 heterocycles. The number of nitrogens with zero attached hydrogens (tertiary/aromatic N) is 3. The van der Waals surface area contributed by atoms with Gasteiger partial charge < -0.3 is 31.4 Å². The Bertz CT molecular complexity index is 555. The number of primary amides is 1. The molecule has 0 aromatic heterocycles. The first-order valence-electron chi connectivity index (χ1n) is 8.22. The predicted octanol–water partition coefficient (Wildman–Crippen LogP) is -1.28. The molecule has 5 unspecified atom stereocenters. The Balaban J connectivity index is 2.04. The highest BCUT2D eigenvalue weighted by Gasteiger charge is 2.72. The summed E-state index contributed by atoms with van der Waals surface area (Å²) in [5.41, 5.74) is 8.85. The first-order chi connectivity index (χ1) is 11.3. The lowest BCUT2D eigenvalue weighted by atomic mass is 9.80. The Kier molecular flexibility index (Phi) is 4.11. The molecule has 7 N–H and O–H groups in total. The van der Waals surface area contributed by atoms with Crippen molar-refractivity contribution < 1.29 is 19.8 Å². The van der Waals surface area contributed by atoms with Crippen LogP contribution in [0, 0.1) is 0 Å². The van der Waals surface area contributed by atoms with Crippen molar-refractivity contribution in [3.63, 3.8) is 0 Å². The smallest absolute Gasteiger partial charge is 0.404 e. The van der Waals surface area contributed by atoms with Crippen molar-refractivity contribution >= 4 is 12.1 Å². The maximum atomic E-state index is 11.2. The van der Waals surface area contributed by atoms with Crippen molar-refractivity contribution in [3.8, 4) is 0 Å². The zero-order valence-electron chi connectivity index (χ0n) is 14.0. The van der Waals surface area contributed by atoms with Gasteiger partial charge in [0.2, 0.25) is 0 Å². The number of nitrogens with one attached hydrogen (secondary N) is 1. The average Bonchev–Trinajstić information content (AvgIpc) is 2.94.